The van der Waals surface area contributed by atoms with Gasteiger partial charge in [-0.1, -0.05) is 29.3 Å². The Balaban J connectivity index is 1.98. The van der Waals surface area contributed by atoms with Crippen molar-refractivity contribution < 1.29 is 4.79 Å². The number of nitriles is 1. The second-order valence-corrected chi connectivity index (χ2v) is 8.19. The van der Waals surface area contributed by atoms with E-state index in [0.29, 0.717) is 32.6 Å². The minimum absolute atomic E-state index is 0.224. The van der Waals surface area contributed by atoms with Crippen LogP contribution in [0.15, 0.2) is 49.1 Å². The quantitative estimate of drug-likeness (QED) is 0.395. The van der Waals surface area contributed by atoms with E-state index in [0.717, 1.165) is 21.0 Å². The minimum atomic E-state index is -0.224. The van der Waals surface area contributed by atoms with Crippen LogP contribution >= 0.6 is 34.5 Å². The first kappa shape index (κ1) is 20.1. The number of carbonyl (C=O) groups excluding carboxylic acids is 1. The number of aromatic nitrogens is 3. The summed E-state index contributed by atoms with van der Waals surface area (Å²) in [6.45, 7) is 1.41. The van der Waals surface area contributed by atoms with Gasteiger partial charge in [-0.15, -0.1) is 11.3 Å². The molecule has 0 radical (unpaired) electrons. The molecule has 2 N–H and O–H groups in total. The maximum atomic E-state index is 11.4. The van der Waals surface area contributed by atoms with Crippen LogP contribution in [-0.4, -0.2) is 20.9 Å². The van der Waals surface area contributed by atoms with Crippen LogP contribution in [-0.2, 0) is 4.79 Å². The fourth-order valence-corrected chi connectivity index (χ4v) is 4.82. The second kappa shape index (κ2) is 8.28. The number of nitrogens with zero attached hydrogens (tertiary/aromatic N) is 3. The Bertz CT molecular complexity index is 1290. The maximum absolute atomic E-state index is 11.4. The zero-order chi connectivity index (χ0) is 21.3. The number of rotatable bonds is 4. The molecule has 0 spiro atoms. The molecule has 6 nitrogen and oxygen atoms in total. The van der Waals surface area contributed by atoms with Crippen molar-refractivity contribution in [2.45, 2.75) is 6.92 Å². The number of halogens is 2. The summed E-state index contributed by atoms with van der Waals surface area (Å²) in [5, 5.41) is 13.7. The van der Waals surface area contributed by atoms with Gasteiger partial charge in [-0.25, -0.2) is 9.97 Å². The number of benzene rings is 1. The van der Waals surface area contributed by atoms with Crippen LogP contribution in [0.2, 0.25) is 10.0 Å². The van der Waals surface area contributed by atoms with Crippen molar-refractivity contribution in [1.82, 2.24) is 15.0 Å². The van der Waals surface area contributed by atoms with Crippen LogP contribution in [0, 0.1) is 11.3 Å². The Hall–Kier alpha value is -3.18. The molecule has 0 fully saturated rings. The summed E-state index contributed by atoms with van der Waals surface area (Å²) in [6, 6.07) is 11.0. The van der Waals surface area contributed by atoms with E-state index in [9.17, 15) is 10.1 Å². The highest BCUT2D eigenvalue weighted by molar-refractivity contribution is 7.19. The fraction of sp³-hybridized carbons (Fsp3) is 0.0476. The molecular weight excluding hydrogens is 441 g/mol. The number of nitrogens with one attached hydrogen (secondary N) is 2. The number of carbonyl (C=O) groups is 1. The Morgan fingerprint density at radius 3 is 2.73 bits per heavy atom. The summed E-state index contributed by atoms with van der Waals surface area (Å²) in [7, 11) is 0. The maximum Gasteiger partial charge on any atom is 0.222 e. The topological polar surface area (TPSA) is 94.5 Å². The zero-order valence-electron chi connectivity index (χ0n) is 15.5. The number of thiophene rings is 1. The van der Waals surface area contributed by atoms with Gasteiger partial charge in [0, 0.05) is 34.3 Å². The molecule has 9 heteroatoms. The SMILES string of the molecule is CC(=O)Nc1cc(-c2sc(-c3cnc[nH]3)c(-c3ccc(Cl)cc3Cl)c2C#N)ccn1. The number of anilines is 1. The van der Waals surface area contributed by atoms with E-state index in [-0.39, 0.29) is 5.91 Å². The van der Waals surface area contributed by atoms with Gasteiger partial charge in [-0.2, -0.15) is 5.26 Å². The lowest BCUT2D eigenvalue weighted by Crippen LogP contribution is -2.07. The smallest absolute Gasteiger partial charge is 0.222 e. The van der Waals surface area contributed by atoms with Gasteiger partial charge in [-0.3, -0.25) is 4.79 Å². The first-order chi connectivity index (χ1) is 14.5. The molecule has 0 saturated heterocycles. The van der Waals surface area contributed by atoms with Gasteiger partial charge in [0.25, 0.3) is 0 Å². The Kier molecular flexibility index (Phi) is 5.55. The lowest BCUT2D eigenvalue weighted by molar-refractivity contribution is -0.114. The van der Waals surface area contributed by atoms with Gasteiger partial charge in [0.15, 0.2) is 0 Å². The van der Waals surface area contributed by atoms with Crippen molar-refractivity contribution in [3.8, 4) is 38.2 Å². The number of hydrogen-bond acceptors (Lipinski definition) is 5. The Morgan fingerprint density at radius 2 is 2.07 bits per heavy atom. The number of hydrogen-bond donors (Lipinski definition) is 2. The van der Waals surface area contributed by atoms with E-state index in [4.69, 9.17) is 23.2 Å². The monoisotopic (exact) mass is 453 g/mol. The summed E-state index contributed by atoms with van der Waals surface area (Å²) in [5.74, 6) is 0.185. The predicted octanol–water partition coefficient (Wildman–Crippen LogP) is 6.00. The average Bonchev–Trinajstić information content (AvgIpc) is 3.35. The molecule has 1 aromatic carbocycles. The third-order valence-electron chi connectivity index (χ3n) is 4.29. The van der Waals surface area contributed by atoms with Crippen molar-refractivity contribution in [3.05, 3.63) is 64.7 Å². The lowest BCUT2D eigenvalue weighted by Gasteiger charge is -2.07. The molecule has 0 atom stereocenters. The molecule has 0 unspecified atom stereocenters. The van der Waals surface area contributed by atoms with Crippen molar-refractivity contribution in [2.75, 3.05) is 5.32 Å². The fourth-order valence-electron chi connectivity index (χ4n) is 3.08. The second-order valence-electron chi connectivity index (χ2n) is 6.32. The number of aromatic amines is 1. The van der Waals surface area contributed by atoms with E-state index in [2.05, 4.69) is 26.3 Å². The van der Waals surface area contributed by atoms with Gasteiger partial charge in [0.1, 0.15) is 11.9 Å². The predicted molar refractivity (Wildman–Crippen MR) is 120 cm³/mol. The normalized spacial score (nSPS) is 10.6. The molecular formula is C21H13Cl2N5OS. The number of imidazole rings is 1. The van der Waals surface area contributed by atoms with Crippen molar-refractivity contribution in [1.29, 1.82) is 5.26 Å². The summed E-state index contributed by atoms with van der Waals surface area (Å²) in [4.78, 5) is 24.3. The van der Waals surface area contributed by atoms with Gasteiger partial charge >= 0.3 is 0 Å². The number of H-pyrrole nitrogens is 1. The molecule has 30 heavy (non-hydrogen) atoms. The Morgan fingerprint density at radius 1 is 1.23 bits per heavy atom. The molecule has 148 valence electrons. The standard InChI is InChI=1S/C21H13Cl2N5OS/c1-11(29)28-18-6-12(4-5-26-18)20-15(8-24)19(14-3-2-13(22)7-16(14)23)21(30-20)17-9-25-10-27-17/h2-7,9-10H,1H3,(H,25,27)(H,26,28,29). The highest BCUT2D eigenvalue weighted by Crippen LogP contribution is 2.48. The molecule has 4 aromatic rings. The van der Waals surface area contributed by atoms with E-state index in [1.165, 1.54) is 18.3 Å². The summed E-state index contributed by atoms with van der Waals surface area (Å²) < 4.78 is 0. The third-order valence-corrected chi connectivity index (χ3v) is 6.11. The first-order valence-electron chi connectivity index (χ1n) is 8.73. The summed E-state index contributed by atoms with van der Waals surface area (Å²) in [6.07, 6.45) is 4.86. The van der Waals surface area contributed by atoms with Crippen molar-refractivity contribution in [2.24, 2.45) is 0 Å². The zero-order valence-corrected chi connectivity index (χ0v) is 17.9. The molecule has 4 rings (SSSR count). The first-order valence-corrected chi connectivity index (χ1v) is 10.3. The van der Waals surface area contributed by atoms with Crippen LogP contribution in [0.1, 0.15) is 12.5 Å². The van der Waals surface area contributed by atoms with Gasteiger partial charge in [-0.05, 0) is 29.8 Å². The van der Waals surface area contributed by atoms with Crippen LogP contribution in [0.3, 0.4) is 0 Å². The van der Waals surface area contributed by atoms with E-state index in [1.807, 2.05) is 0 Å². The molecule has 3 heterocycles. The lowest BCUT2D eigenvalue weighted by atomic mass is 9.98. The van der Waals surface area contributed by atoms with Crippen molar-refractivity contribution in [3.63, 3.8) is 0 Å². The van der Waals surface area contributed by atoms with Crippen LogP contribution in [0.5, 0.6) is 0 Å². The number of pyridine rings is 1. The minimum Gasteiger partial charge on any atom is -0.344 e. The van der Waals surface area contributed by atoms with Crippen molar-refractivity contribution >= 4 is 46.3 Å². The number of amides is 1. The van der Waals surface area contributed by atoms with E-state index < -0.39 is 0 Å². The average molecular weight is 454 g/mol. The van der Waals surface area contributed by atoms with Crippen LogP contribution in [0.25, 0.3) is 32.1 Å². The molecule has 3 aromatic heterocycles. The van der Waals surface area contributed by atoms with Crippen LogP contribution in [0.4, 0.5) is 5.82 Å². The molecule has 0 aliphatic carbocycles. The van der Waals surface area contributed by atoms with E-state index >= 15 is 0 Å². The summed E-state index contributed by atoms with van der Waals surface area (Å²) in [5.41, 5.74) is 3.38. The molecule has 0 aliphatic rings. The largest absolute Gasteiger partial charge is 0.344 e. The highest BCUT2D eigenvalue weighted by atomic mass is 35.5. The van der Waals surface area contributed by atoms with Gasteiger partial charge < -0.3 is 10.3 Å². The Labute approximate surface area is 186 Å². The molecule has 1 amide bonds. The van der Waals surface area contributed by atoms with E-state index in [1.54, 1.807) is 49.1 Å². The van der Waals surface area contributed by atoms with Crippen LogP contribution < -0.4 is 5.32 Å². The molecule has 0 aliphatic heterocycles. The van der Waals surface area contributed by atoms with Gasteiger partial charge in [0.2, 0.25) is 5.91 Å². The third kappa shape index (κ3) is 3.81. The highest BCUT2D eigenvalue weighted by Gasteiger charge is 2.24. The molecule has 0 saturated carbocycles. The summed E-state index contributed by atoms with van der Waals surface area (Å²) >= 11 is 14.0. The van der Waals surface area contributed by atoms with Gasteiger partial charge in [0.05, 0.1) is 33.5 Å². The molecule has 0 bridgehead atoms.